The number of rotatable bonds is 2. The number of carbonyl (C=O) groups excluding carboxylic acids is 1. The first-order chi connectivity index (χ1) is 11.2. The van der Waals surface area contributed by atoms with Gasteiger partial charge in [-0.2, -0.15) is 4.37 Å². The number of anilines is 1. The van der Waals surface area contributed by atoms with Gasteiger partial charge in [-0.05, 0) is 35.3 Å². The van der Waals surface area contributed by atoms with Crippen LogP contribution in [0.2, 0.25) is 0 Å². The van der Waals surface area contributed by atoms with Gasteiger partial charge >= 0.3 is 0 Å². The maximum atomic E-state index is 13.5. The number of pyridine rings is 1. The van der Waals surface area contributed by atoms with E-state index in [-0.39, 0.29) is 17.6 Å². The molecule has 0 unspecified atom stereocenters. The molecular formula is C17H12FN3OS. The van der Waals surface area contributed by atoms with Crippen LogP contribution in [-0.2, 0) is 4.79 Å². The lowest BCUT2D eigenvalue weighted by Crippen LogP contribution is -2.22. The average molecular weight is 325 g/mol. The van der Waals surface area contributed by atoms with Gasteiger partial charge in [0.1, 0.15) is 11.5 Å². The molecule has 0 spiro atoms. The molecule has 4 nitrogen and oxygen atoms in total. The highest BCUT2D eigenvalue weighted by Crippen LogP contribution is 2.44. The number of fused-ring (bicyclic) bond motifs is 1. The number of hydrogen-bond donors (Lipinski definition) is 1. The van der Waals surface area contributed by atoms with Crippen molar-refractivity contribution in [1.82, 2.24) is 9.36 Å². The van der Waals surface area contributed by atoms with Gasteiger partial charge in [-0.25, -0.2) is 4.39 Å². The van der Waals surface area contributed by atoms with E-state index >= 15 is 0 Å². The minimum Gasteiger partial charge on any atom is -0.323 e. The summed E-state index contributed by atoms with van der Waals surface area (Å²) < 4.78 is 17.9. The van der Waals surface area contributed by atoms with Crippen molar-refractivity contribution >= 4 is 23.1 Å². The predicted molar refractivity (Wildman–Crippen MR) is 86.8 cm³/mol. The highest BCUT2D eigenvalue weighted by atomic mass is 32.1. The van der Waals surface area contributed by atoms with Gasteiger partial charge in [0, 0.05) is 30.3 Å². The van der Waals surface area contributed by atoms with Crippen molar-refractivity contribution in [2.24, 2.45) is 0 Å². The molecule has 1 amide bonds. The van der Waals surface area contributed by atoms with Gasteiger partial charge in [-0.15, -0.1) is 0 Å². The van der Waals surface area contributed by atoms with Gasteiger partial charge in [-0.1, -0.05) is 18.2 Å². The van der Waals surface area contributed by atoms with E-state index in [0.29, 0.717) is 23.4 Å². The lowest BCUT2D eigenvalue weighted by molar-refractivity contribution is -0.116. The van der Waals surface area contributed by atoms with Crippen LogP contribution in [0.4, 0.5) is 10.1 Å². The SMILES string of the molecule is O=C1C[C@H](c2cccnc2)c2snc(-c3cccc(F)c3)c2N1. The van der Waals surface area contributed by atoms with Crippen molar-refractivity contribution < 1.29 is 9.18 Å². The summed E-state index contributed by atoms with van der Waals surface area (Å²) in [6.07, 6.45) is 3.84. The fourth-order valence-electron chi connectivity index (χ4n) is 2.81. The zero-order chi connectivity index (χ0) is 15.8. The summed E-state index contributed by atoms with van der Waals surface area (Å²) in [7, 11) is 0. The molecule has 1 atom stereocenters. The Hall–Kier alpha value is -2.60. The second kappa shape index (κ2) is 5.55. The first-order valence-corrected chi connectivity index (χ1v) is 7.95. The Morgan fingerprint density at radius 2 is 2.17 bits per heavy atom. The topological polar surface area (TPSA) is 54.9 Å². The number of nitrogens with one attached hydrogen (secondary N) is 1. The Labute approximate surface area is 136 Å². The molecule has 2 aromatic heterocycles. The minimum absolute atomic E-state index is 0.0627. The molecule has 1 aromatic carbocycles. The summed E-state index contributed by atoms with van der Waals surface area (Å²) >= 11 is 1.34. The van der Waals surface area contributed by atoms with Crippen LogP contribution >= 0.6 is 11.5 Å². The van der Waals surface area contributed by atoms with E-state index in [1.165, 1.54) is 23.7 Å². The van der Waals surface area contributed by atoms with Crippen LogP contribution in [0.1, 0.15) is 22.8 Å². The first kappa shape index (κ1) is 14.0. The zero-order valence-corrected chi connectivity index (χ0v) is 12.8. The highest BCUT2D eigenvalue weighted by molar-refractivity contribution is 7.07. The summed E-state index contributed by atoms with van der Waals surface area (Å²) in [5.41, 5.74) is 2.95. The van der Waals surface area contributed by atoms with Crippen molar-refractivity contribution in [3.05, 3.63) is 65.0 Å². The van der Waals surface area contributed by atoms with E-state index in [2.05, 4.69) is 14.7 Å². The summed E-state index contributed by atoms with van der Waals surface area (Å²) in [4.78, 5) is 17.2. The minimum atomic E-state index is -0.324. The fraction of sp³-hybridized carbons (Fsp3) is 0.118. The molecule has 0 fully saturated rings. The second-order valence-electron chi connectivity index (χ2n) is 5.37. The molecule has 1 aliphatic heterocycles. The Morgan fingerprint density at radius 3 is 2.96 bits per heavy atom. The summed E-state index contributed by atoms with van der Waals surface area (Å²) in [5.74, 6) is -0.452. The van der Waals surface area contributed by atoms with E-state index < -0.39 is 0 Å². The van der Waals surface area contributed by atoms with Crippen LogP contribution in [0.3, 0.4) is 0 Å². The molecule has 3 aromatic rings. The van der Waals surface area contributed by atoms with Gasteiger partial charge < -0.3 is 5.32 Å². The van der Waals surface area contributed by atoms with Crippen LogP contribution in [0.5, 0.6) is 0 Å². The Bertz CT molecular complexity index is 879. The molecule has 0 saturated carbocycles. The fourth-order valence-corrected chi connectivity index (χ4v) is 3.79. The summed E-state index contributed by atoms with van der Waals surface area (Å²) in [6, 6.07) is 10.1. The standard InChI is InChI=1S/C17H12FN3OS/c18-12-5-1-3-10(7-12)15-16-17(23-21-15)13(8-14(22)20-16)11-4-2-6-19-9-11/h1-7,9,13H,8H2,(H,20,22)/t13-/m1/s1. The predicted octanol–water partition coefficient (Wildman–Crippen LogP) is 3.82. The monoisotopic (exact) mass is 325 g/mol. The Kier molecular flexibility index (Phi) is 3.38. The van der Waals surface area contributed by atoms with Crippen molar-refractivity contribution in [2.45, 2.75) is 12.3 Å². The smallest absolute Gasteiger partial charge is 0.225 e. The van der Waals surface area contributed by atoms with Gasteiger partial charge in [0.25, 0.3) is 0 Å². The normalized spacial score (nSPS) is 16.7. The van der Waals surface area contributed by atoms with Crippen LogP contribution in [0.25, 0.3) is 11.3 Å². The molecule has 0 saturated heterocycles. The zero-order valence-electron chi connectivity index (χ0n) is 12.0. The Morgan fingerprint density at radius 1 is 1.26 bits per heavy atom. The van der Waals surface area contributed by atoms with Gasteiger partial charge in [-0.3, -0.25) is 9.78 Å². The summed E-state index contributed by atoms with van der Waals surface area (Å²) in [6.45, 7) is 0. The number of aromatic nitrogens is 2. The van der Waals surface area contributed by atoms with Crippen molar-refractivity contribution in [2.75, 3.05) is 5.32 Å². The van der Waals surface area contributed by atoms with E-state index in [4.69, 9.17) is 0 Å². The molecular weight excluding hydrogens is 313 g/mol. The largest absolute Gasteiger partial charge is 0.323 e. The number of carbonyl (C=O) groups is 1. The lowest BCUT2D eigenvalue weighted by atomic mass is 9.90. The van der Waals surface area contributed by atoms with Crippen molar-refractivity contribution in [3.8, 4) is 11.3 Å². The number of halogens is 1. The number of hydrogen-bond acceptors (Lipinski definition) is 4. The molecule has 0 radical (unpaired) electrons. The van der Waals surface area contributed by atoms with E-state index in [0.717, 1.165) is 10.4 Å². The molecule has 3 heterocycles. The van der Waals surface area contributed by atoms with Crippen LogP contribution in [0, 0.1) is 5.82 Å². The Balaban J connectivity index is 1.83. The molecule has 0 aliphatic carbocycles. The lowest BCUT2D eigenvalue weighted by Gasteiger charge is -2.22. The molecule has 1 N–H and O–H groups in total. The van der Waals surface area contributed by atoms with E-state index in [9.17, 15) is 9.18 Å². The molecule has 6 heteroatoms. The number of amides is 1. The first-order valence-electron chi connectivity index (χ1n) is 7.17. The quantitative estimate of drug-likeness (QED) is 0.779. The maximum absolute atomic E-state index is 13.5. The van der Waals surface area contributed by atoms with Crippen molar-refractivity contribution in [1.29, 1.82) is 0 Å². The highest BCUT2D eigenvalue weighted by Gasteiger charge is 2.31. The maximum Gasteiger partial charge on any atom is 0.225 e. The third kappa shape index (κ3) is 2.51. The van der Waals surface area contributed by atoms with Crippen molar-refractivity contribution in [3.63, 3.8) is 0 Å². The van der Waals surface area contributed by atoms with Crippen LogP contribution in [-0.4, -0.2) is 15.3 Å². The molecule has 114 valence electrons. The van der Waals surface area contributed by atoms with Gasteiger partial charge in [0.05, 0.1) is 10.6 Å². The molecule has 4 rings (SSSR count). The van der Waals surface area contributed by atoms with Gasteiger partial charge in [0.2, 0.25) is 5.91 Å². The average Bonchev–Trinajstić information content (AvgIpc) is 2.98. The van der Waals surface area contributed by atoms with Crippen LogP contribution in [0.15, 0.2) is 48.8 Å². The molecule has 0 bridgehead atoms. The van der Waals surface area contributed by atoms with Gasteiger partial charge in [0.15, 0.2) is 0 Å². The third-order valence-corrected chi connectivity index (χ3v) is 4.83. The number of nitrogens with zero attached hydrogens (tertiary/aromatic N) is 2. The number of benzene rings is 1. The third-order valence-electron chi connectivity index (χ3n) is 3.87. The second-order valence-corrected chi connectivity index (χ2v) is 6.18. The molecule has 23 heavy (non-hydrogen) atoms. The summed E-state index contributed by atoms with van der Waals surface area (Å²) in [5, 5.41) is 2.89. The molecule has 1 aliphatic rings. The van der Waals surface area contributed by atoms with E-state index in [1.54, 1.807) is 24.5 Å². The van der Waals surface area contributed by atoms with E-state index in [1.807, 2.05) is 12.1 Å². The van der Waals surface area contributed by atoms with Crippen LogP contribution < -0.4 is 5.32 Å².